The summed E-state index contributed by atoms with van der Waals surface area (Å²) >= 11 is 0. The molecule has 1 N–H and O–H groups in total. The van der Waals surface area contributed by atoms with E-state index in [9.17, 15) is 5.26 Å². The Bertz CT molecular complexity index is 449. The van der Waals surface area contributed by atoms with Crippen molar-refractivity contribution in [1.82, 2.24) is 0 Å². The van der Waals surface area contributed by atoms with Crippen LogP contribution in [-0.4, -0.2) is 6.04 Å². The molecule has 0 heterocycles. The topological polar surface area (TPSA) is 35.8 Å². The summed E-state index contributed by atoms with van der Waals surface area (Å²) in [6, 6.07) is 8.86. The van der Waals surface area contributed by atoms with E-state index < -0.39 is 0 Å². The molecule has 2 unspecified atom stereocenters. The summed E-state index contributed by atoms with van der Waals surface area (Å²) < 4.78 is 0. The Hall–Kier alpha value is -1.49. The van der Waals surface area contributed by atoms with Gasteiger partial charge in [0.2, 0.25) is 0 Å². The molecule has 1 aliphatic carbocycles. The number of benzene rings is 1. The van der Waals surface area contributed by atoms with E-state index >= 15 is 0 Å². The van der Waals surface area contributed by atoms with E-state index in [-0.39, 0.29) is 0 Å². The van der Waals surface area contributed by atoms with E-state index in [0.717, 1.165) is 16.8 Å². The average Bonchev–Trinajstić information content (AvgIpc) is 2.34. The fourth-order valence-electron chi connectivity index (χ4n) is 3.08. The molecule has 1 aromatic carbocycles. The first-order valence-corrected chi connectivity index (χ1v) is 6.89. The van der Waals surface area contributed by atoms with Gasteiger partial charge >= 0.3 is 0 Å². The predicted octanol–water partition coefficient (Wildman–Crippen LogP) is 4.10. The number of hydrogen-bond donors (Lipinski definition) is 1. The predicted molar refractivity (Wildman–Crippen MR) is 75.5 cm³/mol. The summed E-state index contributed by atoms with van der Waals surface area (Å²) in [4.78, 5) is 0. The van der Waals surface area contributed by atoms with Crippen LogP contribution in [0.25, 0.3) is 0 Å². The first-order valence-electron chi connectivity index (χ1n) is 6.89. The van der Waals surface area contributed by atoms with Crippen LogP contribution >= 0.6 is 0 Å². The van der Waals surface area contributed by atoms with Gasteiger partial charge in [0, 0.05) is 6.04 Å². The molecule has 0 saturated heterocycles. The van der Waals surface area contributed by atoms with Crippen molar-refractivity contribution in [3.05, 3.63) is 29.3 Å². The molecular formula is C16H22N2. The monoisotopic (exact) mass is 242 g/mol. The Morgan fingerprint density at radius 3 is 2.50 bits per heavy atom. The third-order valence-electron chi connectivity index (χ3n) is 4.25. The van der Waals surface area contributed by atoms with Crippen LogP contribution in [0.4, 0.5) is 5.69 Å². The number of anilines is 1. The van der Waals surface area contributed by atoms with Crippen LogP contribution < -0.4 is 5.32 Å². The van der Waals surface area contributed by atoms with Crippen molar-refractivity contribution in [3.8, 4) is 6.07 Å². The molecule has 0 radical (unpaired) electrons. The van der Waals surface area contributed by atoms with Crippen molar-refractivity contribution in [1.29, 1.82) is 5.26 Å². The van der Waals surface area contributed by atoms with Gasteiger partial charge in [0.25, 0.3) is 0 Å². The summed E-state index contributed by atoms with van der Waals surface area (Å²) in [5, 5.41) is 12.9. The van der Waals surface area contributed by atoms with E-state index in [1.165, 1.54) is 19.3 Å². The second-order valence-corrected chi connectivity index (χ2v) is 5.66. The number of rotatable bonds is 2. The molecule has 0 bridgehead atoms. The van der Waals surface area contributed by atoms with Crippen LogP contribution in [0.5, 0.6) is 0 Å². The third-order valence-corrected chi connectivity index (χ3v) is 4.25. The van der Waals surface area contributed by atoms with Crippen molar-refractivity contribution in [2.45, 2.75) is 46.1 Å². The van der Waals surface area contributed by atoms with Crippen molar-refractivity contribution in [3.63, 3.8) is 0 Å². The SMILES string of the molecule is Cc1cccc(NC2C(C)CCCC2C)c1C#N. The number of hydrogen-bond acceptors (Lipinski definition) is 2. The van der Waals surface area contributed by atoms with E-state index in [0.29, 0.717) is 17.9 Å². The Balaban J connectivity index is 2.23. The molecule has 2 atom stereocenters. The van der Waals surface area contributed by atoms with Gasteiger partial charge in [-0.1, -0.05) is 32.4 Å². The molecular weight excluding hydrogens is 220 g/mol. The average molecular weight is 242 g/mol. The number of nitrogens with one attached hydrogen (secondary N) is 1. The highest BCUT2D eigenvalue weighted by molar-refractivity contribution is 5.61. The standard InChI is InChI=1S/C16H22N2/c1-11-6-5-9-15(14(11)10-17)18-16-12(2)7-4-8-13(16)3/h5-6,9,12-13,16,18H,4,7-8H2,1-3H3. The molecule has 0 aromatic heterocycles. The lowest BCUT2D eigenvalue weighted by molar-refractivity contribution is 0.268. The second-order valence-electron chi connectivity index (χ2n) is 5.66. The molecule has 0 amide bonds. The van der Waals surface area contributed by atoms with Crippen LogP contribution in [0, 0.1) is 30.1 Å². The van der Waals surface area contributed by atoms with Gasteiger partial charge in [-0.2, -0.15) is 5.26 Å². The summed E-state index contributed by atoms with van der Waals surface area (Å²) in [6.07, 6.45) is 3.91. The normalized spacial score (nSPS) is 27.6. The molecule has 1 fully saturated rings. The molecule has 2 rings (SSSR count). The summed E-state index contributed by atoms with van der Waals surface area (Å²) in [7, 11) is 0. The zero-order valence-electron chi connectivity index (χ0n) is 11.5. The minimum Gasteiger partial charge on any atom is -0.381 e. The second kappa shape index (κ2) is 5.44. The summed E-state index contributed by atoms with van der Waals surface area (Å²) in [5.41, 5.74) is 2.85. The first kappa shape index (κ1) is 13.0. The van der Waals surface area contributed by atoms with Crippen molar-refractivity contribution in [2.75, 3.05) is 5.32 Å². The van der Waals surface area contributed by atoms with Gasteiger partial charge in [0.05, 0.1) is 11.3 Å². The Kier molecular flexibility index (Phi) is 3.91. The third kappa shape index (κ3) is 2.51. The highest BCUT2D eigenvalue weighted by atomic mass is 14.9. The van der Waals surface area contributed by atoms with Crippen LogP contribution in [-0.2, 0) is 0 Å². The lowest BCUT2D eigenvalue weighted by Gasteiger charge is -2.36. The fourth-order valence-corrected chi connectivity index (χ4v) is 3.08. The summed E-state index contributed by atoms with van der Waals surface area (Å²) in [6.45, 7) is 6.63. The molecule has 1 aliphatic rings. The lowest BCUT2D eigenvalue weighted by Crippen LogP contribution is -2.37. The highest BCUT2D eigenvalue weighted by Crippen LogP contribution is 2.32. The van der Waals surface area contributed by atoms with Crippen LogP contribution in [0.3, 0.4) is 0 Å². The van der Waals surface area contributed by atoms with Gasteiger partial charge in [-0.3, -0.25) is 0 Å². The van der Waals surface area contributed by atoms with Gasteiger partial charge < -0.3 is 5.32 Å². The Labute approximate surface area is 110 Å². The van der Waals surface area contributed by atoms with Gasteiger partial charge in [-0.15, -0.1) is 0 Å². The smallest absolute Gasteiger partial charge is 0.102 e. The minimum atomic E-state index is 0.493. The minimum absolute atomic E-state index is 0.493. The van der Waals surface area contributed by atoms with E-state index in [1.54, 1.807) is 0 Å². The largest absolute Gasteiger partial charge is 0.381 e. The Morgan fingerprint density at radius 2 is 1.89 bits per heavy atom. The number of nitrogens with zero attached hydrogens (tertiary/aromatic N) is 1. The fraction of sp³-hybridized carbons (Fsp3) is 0.562. The number of nitriles is 1. The maximum atomic E-state index is 9.27. The van der Waals surface area contributed by atoms with Gasteiger partial charge in [0.1, 0.15) is 6.07 Å². The number of aryl methyl sites for hydroxylation is 1. The quantitative estimate of drug-likeness (QED) is 0.847. The molecule has 96 valence electrons. The highest BCUT2D eigenvalue weighted by Gasteiger charge is 2.28. The maximum Gasteiger partial charge on any atom is 0.102 e. The zero-order valence-corrected chi connectivity index (χ0v) is 11.5. The van der Waals surface area contributed by atoms with Gasteiger partial charge in [-0.05, 0) is 43.2 Å². The maximum absolute atomic E-state index is 9.27. The summed E-state index contributed by atoms with van der Waals surface area (Å²) in [5.74, 6) is 1.36. The van der Waals surface area contributed by atoms with Crippen molar-refractivity contribution >= 4 is 5.69 Å². The molecule has 2 nitrogen and oxygen atoms in total. The molecule has 18 heavy (non-hydrogen) atoms. The van der Waals surface area contributed by atoms with Crippen LogP contribution in [0.2, 0.25) is 0 Å². The molecule has 0 aliphatic heterocycles. The Morgan fingerprint density at radius 1 is 1.22 bits per heavy atom. The molecule has 1 aromatic rings. The molecule has 0 spiro atoms. The molecule has 1 saturated carbocycles. The van der Waals surface area contributed by atoms with Crippen molar-refractivity contribution < 1.29 is 0 Å². The zero-order chi connectivity index (χ0) is 13.1. The van der Waals surface area contributed by atoms with Gasteiger partial charge in [-0.25, -0.2) is 0 Å². The lowest BCUT2D eigenvalue weighted by atomic mass is 9.78. The molecule has 2 heteroatoms. The van der Waals surface area contributed by atoms with E-state index in [4.69, 9.17) is 0 Å². The van der Waals surface area contributed by atoms with E-state index in [1.807, 2.05) is 25.1 Å². The van der Waals surface area contributed by atoms with E-state index in [2.05, 4.69) is 25.2 Å². The first-order chi connectivity index (χ1) is 8.63. The van der Waals surface area contributed by atoms with Crippen LogP contribution in [0.1, 0.15) is 44.2 Å². The van der Waals surface area contributed by atoms with Gasteiger partial charge in [0.15, 0.2) is 0 Å². The van der Waals surface area contributed by atoms with Crippen LogP contribution in [0.15, 0.2) is 18.2 Å². The van der Waals surface area contributed by atoms with Crippen molar-refractivity contribution in [2.24, 2.45) is 11.8 Å².